The van der Waals surface area contributed by atoms with Gasteiger partial charge in [0.15, 0.2) is 0 Å². The first-order valence-corrected chi connectivity index (χ1v) is 9.44. The van der Waals surface area contributed by atoms with Gasteiger partial charge in [-0.25, -0.2) is 0 Å². The molecule has 0 aliphatic carbocycles. The van der Waals surface area contributed by atoms with Crippen molar-refractivity contribution in [1.82, 2.24) is 15.2 Å². The zero-order chi connectivity index (χ0) is 18.5. The summed E-state index contributed by atoms with van der Waals surface area (Å²) in [4.78, 5) is 17.8. The van der Waals surface area contributed by atoms with Crippen LogP contribution in [0.1, 0.15) is 54.2 Å². The maximum atomic E-state index is 12.1. The number of hydrogen-bond acceptors (Lipinski definition) is 3. The first kappa shape index (κ1) is 18.5. The summed E-state index contributed by atoms with van der Waals surface area (Å²) in [6.07, 6.45) is 4.32. The number of benzene rings is 1. The number of H-pyrrole nitrogens is 1. The van der Waals surface area contributed by atoms with Crippen molar-refractivity contribution in [2.75, 3.05) is 20.1 Å². The van der Waals surface area contributed by atoms with Crippen LogP contribution in [0.4, 0.5) is 0 Å². The van der Waals surface area contributed by atoms with Crippen molar-refractivity contribution < 1.29 is 9.53 Å². The van der Waals surface area contributed by atoms with Crippen LogP contribution in [-0.2, 0) is 6.54 Å². The molecule has 2 N–H and O–H groups in total. The van der Waals surface area contributed by atoms with Gasteiger partial charge in [0.1, 0.15) is 5.75 Å². The highest BCUT2D eigenvalue weighted by Crippen LogP contribution is 2.29. The van der Waals surface area contributed by atoms with Gasteiger partial charge in [0.2, 0.25) is 0 Å². The van der Waals surface area contributed by atoms with Crippen molar-refractivity contribution in [2.45, 2.75) is 45.3 Å². The molecule has 1 aromatic carbocycles. The van der Waals surface area contributed by atoms with E-state index in [9.17, 15) is 4.79 Å². The molecule has 1 fully saturated rings. The SMILES string of the molecule is CNC(=O)c1cc[nH]c1C1CCCN(Cc2ccc(OC(C)C)cc2)C1. The Kier molecular flexibility index (Phi) is 5.99. The molecule has 1 aliphatic heterocycles. The fraction of sp³-hybridized carbons (Fsp3) is 0.476. The summed E-state index contributed by atoms with van der Waals surface area (Å²) in [6.45, 7) is 7.06. The van der Waals surface area contributed by atoms with Crippen molar-refractivity contribution in [3.05, 3.63) is 53.3 Å². The number of hydrogen-bond donors (Lipinski definition) is 2. The highest BCUT2D eigenvalue weighted by Gasteiger charge is 2.25. The number of aromatic amines is 1. The normalized spacial score (nSPS) is 18.1. The van der Waals surface area contributed by atoms with E-state index in [0.717, 1.165) is 49.5 Å². The molecular formula is C21H29N3O2. The number of nitrogens with zero attached hydrogens (tertiary/aromatic N) is 1. The van der Waals surface area contributed by atoms with Gasteiger partial charge >= 0.3 is 0 Å². The van der Waals surface area contributed by atoms with Gasteiger partial charge in [-0.1, -0.05) is 12.1 Å². The van der Waals surface area contributed by atoms with E-state index in [1.807, 2.05) is 38.2 Å². The van der Waals surface area contributed by atoms with Crippen molar-refractivity contribution >= 4 is 5.91 Å². The van der Waals surface area contributed by atoms with Crippen LogP contribution in [0, 0.1) is 0 Å². The Hall–Kier alpha value is -2.27. The number of ether oxygens (including phenoxy) is 1. The Bertz CT molecular complexity index is 721. The maximum absolute atomic E-state index is 12.1. The van der Waals surface area contributed by atoms with Gasteiger partial charge in [0, 0.05) is 37.9 Å². The topological polar surface area (TPSA) is 57.4 Å². The predicted octanol–water partition coefficient (Wildman–Crippen LogP) is 3.54. The van der Waals surface area contributed by atoms with Crippen LogP contribution in [0.3, 0.4) is 0 Å². The third-order valence-electron chi connectivity index (χ3n) is 4.87. The molecule has 0 spiro atoms. The lowest BCUT2D eigenvalue weighted by molar-refractivity contribution is 0.0960. The van der Waals surface area contributed by atoms with Crippen LogP contribution in [0.15, 0.2) is 36.5 Å². The summed E-state index contributed by atoms with van der Waals surface area (Å²) in [7, 11) is 1.68. The molecule has 1 amide bonds. The molecule has 5 heteroatoms. The Morgan fingerprint density at radius 2 is 2.08 bits per heavy atom. The highest BCUT2D eigenvalue weighted by molar-refractivity contribution is 5.95. The second-order valence-electron chi connectivity index (χ2n) is 7.27. The number of aromatic nitrogens is 1. The molecule has 2 heterocycles. The van der Waals surface area contributed by atoms with E-state index in [1.165, 1.54) is 5.56 Å². The van der Waals surface area contributed by atoms with Crippen LogP contribution >= 0.6 is 0 Å². The van der Waals surface area contributed by atoms with Gasteiger partial charge in [-0.2, -0.15) is 0 Å². The molecule has 1 atom stereocenters. The number of nitrogens with one attached hydrogen (secondary N) is 2. The average molecular weight is 355 g/mol. The fourth-order valence-corrected chi connectivity index (χ4v) is 3.69. The smallest absolute Gasteiger partial charge is 0.252 e. The van der Waals surface area contributed by atoms with E-state index >= 15 is 0 Å². The van der Waals surface area contributed by atoms with E-state index in [4.69, 9.17) is 4.74 Å². The van der Waals surface area contributed by atoms with Crippen LogP contribution in [-0.4, -0.2) is 42.0 Å². The lowest BCUT2D eigenvalue weighted by Gasteiger charge is -2.33. The zero-order valence-corrected chi connectivity index (χ0v) is 15.9. The van der Waals surface area contributed by atoms with E-state index in [2.05, 4.69) is 27.3 Å². The minimum Gasteiger partial charge on any atom is -0.491 e. The molecule has 140 valence electrons. The molecular weight excluding hydrogens is 326 g/mol. The van der Waals surface area contributed by atoms with Crippen LogP contribution in [0.5, 0.6) is 5.75 Å². The lowest BCUT2D eigenvalue weighted by atomic mass is 9.92. The summed E-state index contributed by atoms with van der Waals surface area (Å²) in [5.74, 6) is 1.27. The summed E-state index contributed by atoms with van der Waals surface area (Å²) in [6, 6.07) is 10.3. The molecule has 3 rings (SSSR count). The van der Waals surface area contributed by atoms with Crippen LogP contribution < -0.4 is 10.1 Å². The van der Waals surface area contributed by atoms with Crippen molar-refractivity contribution in [2.24, 2.45) is 0 Å². The molecule has 1 aromatic heterocycles. The van der Waals surface area contributed by atoms with Crippen molar-refractivity contribution in [1.29, 1.82) is 0 Å². The molecule has 5 nitrogen and oxygen atoms in total. The monoisotopic (exact) mass is 355 g/mol. The van der Waals surface area contributed by atoms with E-state index in [0.29, 0.717) is 5.92 Å². The van der Waals surface area contributed by atoms with Gasteiger partial charge in [-0.3, -0.25) is 9.69 Å². The molecule has 2 aromatic rings. The lowest BCUT2D eigenvalue weighted by Crippen LogP contribution is -2.34. The van der Waals surface area contributed by atoms with Gasteiger partial charge < -0.3 is 15.0 Å². The molecule has 0 radical (unpaired) electrons. The number of carbonyl (C=O) groups is 1. The number of likely N-dealkylation sites (tertiary alicyclic amines) is 1. The van der Waals surface area contributed by atoms with Crippen molar-refractivity contribution in [3.63, 3.8) is 0 Å². The molecule has 1 unspecified atom stereocenters. The Balaban J connectivity index is 1.64. The minimum absolute atomic E-state index is 0.0147. The summed E-state index contributed by atoms with van der Waals surface area (Å²) < 4.78 is 5.72. The number of amides is 1. The van der Waals surface area contributed by atoms with E-state index in [1.54, 1.807) is 7.05 Å². The summed E-state index contributed by atoms with van der Waals surface area (Å²) >= 11 is 0. The molecule has 0 saturated carbocycles. The largest absolute Gasteiger partial charge is 0.491 e. The van der Waals surface area contributed by atoms with Gasteiger partial charge in [0.05, 0.1) is 11.7 Å². The first-order chi connectivity index (χ1) is 12.6. The predicted molar refractivity (Wildman–Crippen MR) is 104 cm³/mol. The van der Waals surface area contributed by atoms with E-state index in [-0.39, 0.29) is 12.0 Å². The summed E-state index contributed by atoms with van der Waals surface area (Å²) in [5.41, 5.74) is 3.13. The Morgan fingerprint density at radius 1 is 1.31 bits per heavy atom. The Labute approximate surface area is 155 Å². The molecule has 26 heavy (non-hydrogen) atoms. The zero-order valence-electron chi connectivity index (χ0n) is 15.9. The number of rotatable bonds is 6. The highest BCUT2D eigenvalue weighted by atomic mass is 16.5. The second-order valence-corrected chi connectivity index (χ2v) is 7.27. The van der Waals surface area contributed by atoms with E-state index < -0.39 is 0 Å². The molecule has 1 aliphatic rings. The maximum Gasteiger partial charge on any atom is 0.252 e. The second kappa shape index (κ2) is 8.41. The first-order valence-electron chi connectivity index (χ1n) is 9.44. The standard InChI is InChI=1S/C21H29N3O2/c1-15(2)26-18-8-6-16(7-9-18)13-24-12-4-5-17(14-24)20-19(10-11-23-20)21(25)22-3/h6-11,15,17,23H,4-5,12-14H2,1-3H3,(H,22,25). The van der Waals surface area contributed by atoms with Crippen LogP contribution in [0.25, 0.3) is 0 Å². The minimum atomic E-state index is -0.0147. The number of carbonyl (C=O) groups excluding carboxylic acids is 1. The van der Waals surface area contributed by atoms with Gasteiger partial charge in [0.25, 0.3) is 5.91 Å². The summed E-state index contributed by atoms with van der Waals surface area (Å²) in [5, 5.41) is 2.73. The molecule has 1 saturated heterocycles. The average Bonchev–Trinajstić information content (AvgIpc) is 3.12. The van der Waals surface area contributed by atoms with Gasteiger partial charge in [-0.15, -0.1) is 0 Å². The third-order valence-corrected chi connectivity index (χ3v) is 4.87. The Morgan fingerprint density at radius 3 is 2.77 bits per heavy atom. The van der Waals surface area contributed by atoms with Crippen LogP contribution in [0.2, 0.25) is 0 Å². The van der Waals surface area contributed by atoms with Crippen molar-refractivity contribution in [3.8, 4) is 5.75 Å². The fourth-order valence-electron chi connectivity index (χ4n) is 3.69. The number of piperidine rings is 1. The third kappa shape index (κ3) is 4.47. The molecule has 0 bridgehead atoms. The quantitative estimate of drug-likeness (QED) is 0.833. The van der Waals surface area contributed by atoms with Gasteiger partial charge in [-0.05, 0) is 57.0 Å².